The van der Waals surface area contributed by atoms with E-state index in [4.69, 9.17) is 5.26 Å². The molecule has 86 valence electrons. The molecular formula is C13H13N3S. The molecule has 2 rings (SSSR count). The molecule has 2 aromatic rings. The van der Waals surface area contributed by atoms with Gasteiger partial charge in [-0.2, -0.15) is 5.26 Å². The lowest BCUT2D eigenvalue weighted by molar-refractivity contribution is 1.26. The third-order valence-corrected chi connectivity index (χ3v) is 3.44. The van der Waals surface area contributed by atoms with Gasteiger partial charge in [-0.25, -0.2) is 4.98 Å². The molecule has 17 heavy (non-hydrogen) atoms. The fourth-order valence-electron chi connectivity index (χ4n) is 1.72. The number of rotatable bonds is 2. The zero-order chi connectivity index (χ0) is 12.4. The number of para-hydroxylation sites is 1. The minimum atomic E-state index is 0.630. The van der Waals surface area contributed by atoms with Gasteiger partial charge in [0.1, 0.15) is 10.9 Å². The monoisotopic (exact) mass is 243 g/mol. The zero-order valence-corrected chi connectivity index (χ0v) is 10.9. The molecule has 4 heteroatoms. The van der Waals surface area contributed by atoms with Crippen LogP contribution in [0.1, 0.15) is 21.0 Å². The van der Waals surface area contributed by atoms with Crippen LogP contribution in [0.25, 0.3) is 0 Å². The van der Waals surface area contributed by atoms with Crippen LogP contribution in [-0.2, 0) is 0 Å². The summed E-state index contributed by atoms with van der Waals surface area (Å²) in [5, 5.41) is 13.2. The molecule has 0 radical (unpaired) electrons. The van der Waals surface area contributed by atoms with Crippen LogP contribution < -0.4 is 5.32 Å². The molecule has 0 fully saturated rings. The van der Waals surface area contributed by atoms with E-state index in [0.29, 0.717) is 10.7 Å². The molecule has 0 amide bonds. The topological polar surface area (TPSA) is 48.7 Å². The van der Waals surface area contributed by atoms with E-state index in [1.807, 2.05) is 39.0 Å². The second kappa shape index (κ2) is 4.56. The van der Waals surface area contributed by atoms with Crippen molar-refractivity contribution in [3.05, 3.63) is 39.2 Å². The van der Waals surface area contributed by atoms with Gasteiger partial charge in [0, 0.05) is 5.69 Å². The average Bonchev–Trinajstić information content (AvgIpc) is 2.64. The quantitative estimate of drug-likeness (QED) is 0.875. The maximum absolute atomic E-state index is 9.03. The summed E-state index contributed by atoms with van der Waals surface area (Å²) >= 11 is 1.41. The summed E-state index contributed by atoms with van der Waals surface area (Å²) in [4.78, 5) is 4.97. The molecule has 0 aliphatic carbocycles. The Morgan fingerprint density at radius 1 is 1.24 bits per heavy atom. The SMILES string of the molecule is Cc1nc(Nc2c(C)cccc2C)c(C#N)s1. The Hall–Kier alpha value is -1.86. The summed E-state index contributed by atoms with van der Waals surface area (Å²) < 4.78 is 0. The number of thiazole rings is 1. The van der Waals surface area contributed by atoms with Crippen LogP contribution in [0.15, 0.2) is 18.2 Å². The predicted molar refractivity (Wildman–Crippen MR) is 70.8 cm³/mol. The van der Waals surface area contributed by atoms with Gasteiger partial charge in [-0.1, -0.05) is 18.2 Å². The standard InChI is InChI=1S/C13H13N3S/c1-8-5-4-6-9(2)12(8)16-13-11(7-14)17-10(3)15-13/h4-6,16H,1-3H3. The Kier molecular flexibility index (Phi) is 3.12. The number of anilines is 2. The molecule has 1 heterocycles. The van der Waals surface area contributed by atoms with Gasteiger partial charge in [-0.05, 0) is 31.9 Å². The highest BCUT2D eigenvalue weighted by molar-refractivity contribution is 7.12. The highest BCUT2D eigenvalue weighted by atomic mass is 32.1. The van der Waals surface area contributed by atoms with E-state index in [0.717, 1.165) is 21.8 Å². The Morgan fingerprint density at radius 3 is 2.47 bits per heavy atom. The lowest BCUT2D eigenvalue weighted by Crippen LogP contribution is -1.97. The van der Waals surface area contributed by atoms with E-state index in [9.17, 15) is 0 Å². The molecule has 0 spiro atoms. The summed E-state index contributed by atoms with van der Waals surface area (Å²) in [6, 6.07) is 8.27. The largest absolute Gasteiger partial charge is 0.338 e. The third-order valence-electron chi connectivity index (χ3n) is 2.56. The Balaban J connectivity index is 2.42. The molecule has 3 nitrogen and oxygen atoms in total. The van der Waals surface area contributed by atoms with Gasteiger partial charge < -0.3 is 5.32 Å². The van der Waals surface area contributed by atoms with Crippen LogP contribution in [0.4, 0.5) is 11.5 Å². The number of hydrogen-bond donors (Lipinski definition) is 1. The second-order valence-corrected chi connectivity index (χ2v) is 5.12. The summed E-state index contributed by atoms with van der Waals surface area (Å²) in [6.45, 7) is 5.99. The summed E-state index contributed by atoms with van der Waals surface area (Å²) in [5.74, 6) is 0.660. The van der Waals surface area contributed by atoms with E-state index in [1.165, 1.54) is 11.3 Å². The molecule has 0 saturated heterocycles. The number of aromatic nitrogens is 1. The highest BCUT2D eigenvalue weighted by Gasteiger charge is 2.10. The van der Waals surface area contributed by atoms with Crippen LogP contribution in [0.3, 0.4) is 0 Å². The summed E-state index contributed by atoms with van der Waals surface area (Å²) in [5.41, 5.74) is 3.34. The smallest absolute Gasteiger partial charge is 0.159 e. The Morgan fingerprint density at radius 2 is 1.88 bits per heavy atom. The van der Waals surface area contributed by atoms with Gasteiger partial charge in [0.25, 0.3) is 0 Å². The fraction of sp³-hybridized carbons (Fsp3) is 0.231. The van der Waals surface area contributed by atoms with Gasteiger partial charge in [-0.15, -0.1) is 11.3 Å². The van der Waals surface area contributed by atoms with Gasteiger partial charge in [0.2, 0.25) is 0 Å². The van der Waals surface area contributed by atoms with Crippen molar-refractivity contribution in [2.24, 2.45) is 0 Å². The van der Waals surface area contributed by atoms with Gasteiger partial charge >= 0.3 is 0 Å². The molecule has 0 aliphatic heterocycles. The maximum Gasteiger partial charge on any atom is 0.159 e. The van der Waals surface area contributed by atoms with Crippen LogP contribution in [0.2, 0.25) is 0 Å². The molecule has 0 atom stereocenters. The van der Waals surface area contributed by atoms with Crippen molar-refractivity contribution < 1.29 is 0 Å². The van der Waals surface area contributed by atoms with Crippen molar-refractivity contribution >= 4 is 22.8 Å². The number of nitriles is 1. The van der Waals surface area contributed by atoms with Crippen LogP contribution in [-0.4, -0.2) is 4.98 Å². The van der Waals surface area contributed by atoms with E-state index >= 15 is 0 Å². The molecule has 1 aromatic carbocycles. The van der Waals surface area contributed by atoms with Gasteiger partial charge in [0.05, 0.1) is 5.01 Å². The van der Waals surface area contributed by atoms with Crippen LogP contribution in [0, 0.1) is 32.1 Å². The fourth-order valence-corrected chi connectivity index (χ4v) is 2.39. The van der Waals surface area contributed by atoms with E-state index in [2.05, 4.69) is 16.4 Å². The summed E-state index contributed by atoms with van der Waals surface area (Å²) in [6.07, 6.45) is 0. The van der Waals surface area contributed by atoms with Crippen LogP contribution >= 0.6 is 11.3 Å². The first kappa shape index (κ1) is 11.6. The van der Waals surface area contributed by atoms with E-state index in [-0.39, 0.29) is 0 Å². The van der Waals surface area contributed by atoms with Crippen molar-refractivity contribution in [2.75, 3.05) is 5.32 Å². The molecular weight excluding hydrogens is 230 g/mol. The van der Waals surface area contributed by atoms with Crippen molar-refractivity contribution in [1.29, 1.82) is 5.26 Å². The molecule has 0 bridgehead atoms. The zero-order valence-electron chi connectivity index (χ0n) is 10.0. The number of aryl methyl sites for hydroxylation is 3. The van der Waals surface area contributed by atoms with E-state index in [1.54, 1.807) is 0 Å². The first-order valence-electron chi connectivity index (χ1n) is 5.32. The lowest BCUT2D eigenvalue weighted by Gasteiger charge is -2.10. The number of hydrogen-bond acceptors (Lipinski definition) is 4. The normalized spacial score (nSPS) is 10.0. The van der Waals surface area contributed by atoms with Crippen molar-refractivity contribution in [3.8, 4) is 6.07 Å². The highest BCUT2D eigenvalue weighted by Crippen LogP contribution is 2.28. The van der Waals surface area contributed by atoms with Crippen molar-refractivity contribution in [2.45, 2.75) is 20.8 Å². The first-order chi connectivity index (χ1) is 8.11. The van der Waals surface area contributed by atoms with Gasteiger partial charge in [-0.3, -0.25) is 0 Å². The molecule has 1 aromatic heterocycles. The Bertz CT molecular complexity index is 573. The van der Waals surface area contributed by atoms with Crippen molar-refractivity contribution in [3.63, 3.8) is 0 Å². The predicted octanol–water partition coefficient (Wildman–Crippen LogP) is 3.68. The number of benzene rings is 1. The van der Waals surface area contributed by atoms with Gasteiger partial charge in [0.15, 0.2) is 5.82 Å². The second-order valence-electron chi connectivity index (χ2n) is 3.91. The molecule has 0 aliphatic rings. The maximum atomic E-state index is 9.03. The van der Waals surface area contributed by atoms with E-state index < -0.39 is 0 Å². The van der Waals surface area contributed by atoms with Crippen LogP contribution in [0.5, 0.6) is 0 Å². The number of nitrogens with zero attached hydrogens (tertiary/aromatic N) is 2. The first-order valence-corrected chi connectivity index (χ1v) is 6.14. The minimum absolute atomic E-state index is 0.630. The third kappa shape index (κ3) is 2.29. The lowest BCUT2D eigenvalue weighted by atomic mass is 10.1. The molecule has 1 N–H and O–H groups in total. The van der Waals surface area contributed by atoms with Crippen molar-refractivity contribution in [1.82, 2.24) is 4.98 Å². The number of nitrogens with one attached hydrogen (secondary N) is 1. The molecule has 0 unspecified atom stereocenters. The Labute approximate surface area is 105 Å². The minimum Gasteiger partial charge on any atom is -0.338 e. The summed E-state index contributed by atoms with van der Waals surface area (Å²) in [7, 11) is 0. The molecule has 0 saturated carbocycles. The average molecular weight is 243 g/mol.